The van der Waals surface area contributed by atoms with Gasteiger partial charge in [0, 0.05) is 22.7 Å². The average molecular weight is 665 g/mol. The molecular weight excluding hydrogens is 632 g/mol. The first kappa shape index (κ1) is 32.2. The number of alkyl halides is 3. The molecule has 0 radical (unpaired) electrons. The molecule has 13 heteroatoms. The topological polar surface area (TPSA) is 86.3 Å². The molecule has 244 valence electrons. The van der Waals surface area contributed by atoms with Gasteiger partial charge in [0.2, 0.25) is 0 Å². The molecule has 0 aliphatic heterocycles. The summed E-state index contributed by atoms with van der Waals surface area (Å²) in [5, 5.41) is 9.48. The number of amides is 2. The summed E-state index contributed by atoms with van der Waals surface area (Å²) in [6, 6.07) is 17.6. The standard InChI is InChI=1S/C34H32F4N6O2S/c1-20(2)29-17-25(35)9-15-30(29)44-21(3)18-47-33(44)41-32(45)40-26-10-8-24(16-26)22-4-6-23(7-5-22)31-39-19-43(42-31)27-11-13-28(14-12-27)46-34(36,37)38/h4-7,9,11-15,17-20,24,26H,8,10,16H2,1-3H3,(H,40,45). The third-order valence-corrected chi connectivity index (χ3v) is 9.10. The molecule has 0 bridgehead atoms. The Labute approximate surface area is 272 Å². The van der Waals surface area contributed by atoms with Gasteiger partial charge in [0.05, 0.1) is 11.4 Å². The monoisotopic (exact) mass is 664 g/mol. The lowest BCUT2D eigenvalue weighted by atomic mass is 9.96. The summed E-state index contributed by atoms with van der Waals surface area (Å²) in [5.74, 6) is 0.216. The van der Waals surface area contributed by atoms with Gasteiger partial charge in [-0.1, -0.05) is 38.1 Å². The molecule has 2 aromatic heterocycles. The molecule has 1 aliphatic carbocycles. The number of aromatic nitrogens is 4. The lowest BCUT2D eigenvalue weighted by Gasteiger charge is -2.15. The van der Waals surface area contributed by atoms with Gasteiger partial charge in [-0.05, 0) is 91.6 Å². The fourth-order valence-electron chi connectivity index (χ4n) is 5.89. The first-order chi connectivity index (χ1) is 22.4. The Hall–Kier alpha value is -4.78. The Balaban J connectivity index is 1.09. The number of benzene rings is 3. The molecule has 0 spiro atoms. The van der Waals surface area contributed by atoms with Crippen molar-refractivity contribution >= 4 is 17.4 Å². The number of rotatable bonds is 7. The van der Waals surface area contributed by atoms with Gasteiger partial charge in [0.15, 0.2) is 10.6 Å². The van der Waals surface area contributed by atoms with Gasteiger partial charge in [-0.25, -0.2) is 18.9 Å². The number of aryl methyl sites for hydroxylation is 1. The minimum Gasteiger partial charge on any atom is -0.406 e. The molecule has 47 heavy (non-hydrogen) atoms. The van der Waals surface area contributed by atoms with Crippen LogP contribution in [0.5, 0.6) is 5.75 Å². The zero-order chi connectivity index (χ0) is 33.3. The van der Waals surface area contributed by atoms with Gasteiger partial charge < -0.3 is 10.1 Å². The van der Waals surface area contributed by atoms with Gasteiger partial charge in [-0.2, -0.15) is 4.99 Å². The van der Waals surface area contributed by atoms with Gasteiger partial charge >= 0.3 is 12.4 Å². The number of nitrogens with one attached hydrogen (secondary N) is 1. The zero-order valence-electron chi connectivity index (χ0n) is 25.8. The van der Waals surface area contributed by atoms with Crippen LogP contribution >= 0.6 is 11.3 Å². The Morgan fingerprint density at radius 1 is 1.06 bits per heavy atom. The molecule has 1 fully saturated rings. The molecule has 1 N–H and O–H groups in total. The van der Waals surface area contributed by atoms with Crippen LogP contribution in [0.4, 0.5) is 22.4 Å². The van der Waals surface area contributed by atoms with E-state index < -0.39 is 12.4 Å². The summed E-state index contributed by atoms with van der Waals surface area (Å²) in [5.41, 5.74) is 5.05. The Bertz CT molecular complexity index is 1940. The van der Waals surface area contributed by atoms with E-state index in [4.69, 9.17) is 0 Å². The van der Waals surface area contributed by atoms with Gasteiger partial charge in [-0.3, -0.25) is 4.57 Å². The third-order valence-electron chi connectivity index (χ3n) is 8.16. The number of thiazole rings is 1. The smallest absolute Gasteiger partial charge is 0.406 e. The number of hydrogen-bond donors (Lipinski definition) is 1. The van der Waals surface area contributed by atoms with E-state index in [-0.39, 0.29) is 29.4 Å². The van der Waals surface area contributed by atoms with Crippen LogP contribution in [0.2, 0.25) is 0 Å². The SMILES string of the molecule is Cc1csc(=NC(=O)NC2CCC(c3ccc(-c4ncn(-c5ccc(OC(F)(F)F)cc5)n4)cc3)C2)n1-c1ccc(F)cc1C(C)C. The van der Waals surface area contributed by atoms with Crippen molar-refractivity contribution in [3.8, 4) is 28.5 Å². The molecule has 2 heterocycles. The van der Waals surface area contributed by atoms with Crippen LogP contribution in [0.3, 0.4) is 0 Å². The van der Waals surface area contributed by atoms with Gasteiger partial charge in [0.25, 0.3) is 0 Å². The van der Waals surface area contributed by atoms with E-state index in [2.05, 4.69) is 25.1 Å². The van der Waals surface area contributed by atoms with Crippen LogP contribution in [0, 0.1) is 12.7 Å². The normalized spacial score (nSPS) is 17.0. The Kier molecular flexibility index (Phi) is 9.00. The molecule has 0 saturated heterocycles. The summed E-state index contributed by atoms with van der Waals surface area (Å²) in [6.07, 6.45) is -0.738. The van der Waals surface area contributed by atoms with Crippen molar-refractivity contribution < 1.29 is 27.1 Å². The van der Waals surface area contributed by atoms with Crippen LogP contribution in [0.1, 0.15) is 61.8 Å². The largest absolute Gasteiger partial charge is 0.573 e. The van der Waals surface area contributed by atoms with Crippen molar-refractivity contribution in [2.75, 3.05) is 0 Å². The van der Waals surface area contributed by atoms with Crippen molar-refractivity contribution in [1.29, 1.82) is 0 Å². The third kappa shape index (κ3) is 7.46. The van der Waals surface area contributed by atoms with E-state index in [0.29, 0.717) is 16.3 Å². The van der Waals surface area contributed by atoms with E-state index >= 15 is 0 Å². The van der Waals surface area contributed by atoms with Crippen LogP contribution in [0.15, 0.2) is 83.4 Å². The number of ether oxygens (including phenoxy) is 1. The van der Waals surface area contributed by atoms with Gasteiger partial charge in [-0.15, -0.1) is 29.6 Å². The van der Waals surface area contributed by atoms with Crippen LogP contribution < -0.4 is 14.9 Å². The summed E-state index contributed by atoms with van der Waals surface area (Å²) in [6.45, 7) is 5.95. The molecule has 2 atom stereocenters. The van der Waals surface area contributed by atoms with E-state index in [1.807, 2.05) is 55.0 Å². The number of halogens is 4. The highest BCUT2D eigenvalue weighted by Crippen LogP contribution is 2.35. The maximum atomic E-state index is 14.0. The highest BCUT2D eigenvalue weighted by molar-refractivity contribution is 7.07. The molecule has 8 nitrogen and oxygen atoms in total. The van der Waals surface area contributed by atoms with Crippen LogP contribution in [0.25, 0.3) is 22.8 Å². The van der Waals surface area contributed by atoms with E-state index in [1.54, 1.807) is 6.07 Å². The number of carbonyl (C=O) groups is 1. The lowest BCUT2D eigenvalue weighted by Crippen LogP contribution is -2.32. The molecule has 1 aliphatic rings. The minimum absolute atomic E-state index is 0.0206. The van der Waals surface area contributed by atoms with E-state index in [9.17, 15) is 22.4 Å². The maximum absolute atomic E-state index is 14.0. The molecule has 3 aromatic carbocycles. The molecular formula is C34H32F4N6O2S. The summed E-state index contributed by atoms with van der Waals surface area (Å²) in [4.78, 5) is 22.3. The summed E-state index contributed by atoms with van der Waals surface area (Å²) >= 11 is 1.37. The molecule has 6 rings (SSSR count). The molecule has 1 saturated carbocycles. The summed E-state index contributed by atoms with van der Waals surface area (Å²) in [7, 11) is 0. The Morgan fingerprint density at radius 3 is 2.51 bits per heavy atom. The molecule has 5 aromatic rings. The molecule has 2 amide bonds. The average Bonchev–Trinajstić information content (AvgIpc) is 3.78. The second kappa shape index (κ2) is 13.1. The highest BCUT2D eigenvalue weighted by atomic mass is 32.1. The van der Waals surface area contributed by atoms with Crippen molar-refractivity contribution in [3.05, 3.63) is 106 Å². The van der Waals surface area contributed by atoms with Crippen molar-refractivity contribution in [2.45, 2.75) is 64.3 Å². The second-order valence-corrected chi connectivity index (χ2v) is 12.6. The predicted molar refractivity (Wildman–Crippen MR) is 170 cm³/mol. The lowest BCUT2D eigenvalue weighted by molar-refractivity contribution is -0.274. The van der Waals surface area contributed by atoms with Crippen molar-refractivity contribution in [3.63, 3.8) is 0 Å². The fourth-order valence-corrected chi connectivity index (χ4v) is 6.75. The molecule has 2 unspecified atom stereocenters. The number of nitrogens with zero attached hydrogens (tertiary/aromatic N) is 5. The van der Waals surface area contributed by atoms with Gasteiger partial charge in [0.1, 0.15) is 17.9 Å². The first-order valence-corrected chi connectivity index (χ1v) is 16.0. The quantitative estimate of drug-likeness (QED) is 0.178. The number of carbonyl (C=O) groups excluding carboxylic acids is 1. The first-order valence-electron chi connectivity index (χ1n) is 15.1. The fraction of sp³-hybridized carbons (Fsp3) is 0.294. The summed E-state index contributed by atoms with van der Waals surface area (Å²) < 4.78 is 58.7. The maximum Gasteiger partial charge on any atom is 0.573 e. The van der Waals surface area contributed by atoms with Crippen LogP contribution in [-0.4, -0.2) is 37.8 Å². The number of hydrogen-bond acceptors (Lipinski definition) is 5. The predicted octanol–water partition coefficient (Wildman–Crippen LogP) is 8.20. The Morgan fingerprint density at radius 2 is 1.81 bits per heavy atom. The minimum atomic E-state index is -4.75. The van der Waals surface area contributed by atoms with Crippen molar-refractivity contribution in [1.82, 2.24) is 24.6 Å². The van der Waals surface area contributed by atoms with E-state index in [1.165, 1.54) is 58.7 Å². The second-order valence-electron chi connectivity index (χ2n) is 11.8. The van der Waals surface area contributed by atoms with Crippen LogP contribution in [-0.2, 0) is 0 Å². The van der Waals surface area contributed by atoms with Crippen molar-refractivity contribution in [2.24, 2.45) is 4.99 Å². The number of urea groups is 1. The zero-order valence-corrected chi connectivity index (χ0v) is 26.6. The highest BCUT2D eigenvalue weighted by Gasteiger charge is 2.31. The van der Waals surface area contributed by atoms with E-state index in [0.717, 1.165) is 47.3 Å².